The van der Waals surface area contributed by atoms with Crippen LogP contribution in [-0.2, 0) is 28.2 Å². The number of H-pyrrole nitrogens is 3. The maximum Gasteiger partial charge on any atom is 0.241 e. The van der Waals surface area contributed by atoms with Gasteiger partial charge >= 0.3 is 0 Å². The summed E-state index contributed by atoms with van der Waals surface area (Å²) >= 11 is 0. The van der Waals surface area contributed by atoms with E-state index in [-0.39, 0.29) is 0 Å². The van der Waals surface area contributed by atoms with Gasteiger partial charge in [-0.2, -0.15) is 0 Å². The molecule has 0 atom stereocenters. The maximum atomic E-state index is 5.26. The molecule has 8 bridgehead atoms. The van der Waals surface area contributed by atoms with Crippen molar-refractivity contribution >= 4 is 46.4 Å². The van der Waals surface area contributed by atoms with Gasteiger partial charge in [0.1, 0.15) is 6.20 Å². The van der Waals surface area contributed by atoms with E-state index in [1.54, 1.807) is 6.33 Å². The number of nitrogens with zero attached hydrogens (tertiary/aromatic N) is 9. The molecule has 9 heterocycles. The van der Waals surface area contributed by atoms with Crippen molar-refractivity contribution in [1.29, 1.82) is 0 Å². The Morgan fingerprint density at radius 1 is 0.542 bits per heavy atom. The van der Waals surface area contributed by atoms with E-state index in [1.165, 1.54) is 0 Å². The fourth-order valence-electron chi connectivity index (χ4n) is 6.51. The maximum absolute atomic E-state index is 5.26. The fraction of sp³-hybridized carbons (Fsp3) is 0.111. The summed E-state index contributed by atoms with van der Waals surface area (Å²) in [6.45, 7) is 0. The number of rotatable bonds is 4. The van der Waals surface area contributed by atoms with Crippen LogP contribution in [0.2, 0.25) is 0 Å². The number of hydrogen-bond donors (Lipinski definition) is 3. The minimum absolute atomic E-state index is 0.795. The average molecular weight is 632 g/mol. The lowest BCUT2D eigenvalue weighted by atomic mass is 10.1. The second-order valence-electron chi connectivity index (χ2n) is 12.3. The molecule has 0 saturated heterocycles. The Morgan fingerprint density at radius 3 is 1.25 bits per heavy atom. The smallest absolute Gasteiger partial charge is 0.241 e. The van der Waals surface area contributed by atoms with Crippen LogP contribution in [0, 0.1) is 0 Å². The van der Waals surface area contributed by atoms with E-state index in [0.29, 0.717) is 0 Å². The molecule has 0 saturated carbocycles. The molecule has 0 aliphatic carbocycles. The van der Waals surface area contributed by atoms with Gasteiger partial charge in [-0.1, -0.05) is 0 Å². The molecule has 2 aliphatic rings. The van der Waals surface area contributed by atoms with Crippen molar-refractivity contribution in [3.8, 4) is 45.0 Å². The van der Waals surface area contributed by atoms with Crippen LogP contribution in [0.3, 0.4) is 0 Å². The minimum atomic E-state index is 0.795. The third-order valence-corrected chi connectivity index (χ3v) is 8.66. The summed E-state index contributed by atoms with van der Waals surface area (Å²) in [5.41, 5.74) is 13.8. The van der Waals surface area contributed by atoms with Crippen molar-refractivity contribution in [2.45, 2.75) is 0 Å². The summed E-state index contributed by atoms with van der Waals surface area (Å²) in [7, 11) is 7.91. The van der Waals surface area contributed by atoms with Gasteiger partial charge in [-0.15, -0.1) is 0 Å². The lowest BCUT2D eigenvalue weighted by molar-refractivity contribution is -0.669. The lowest BCUT2D eigenvalue weighted by Crippen LogP contribution is -2.22. The molecule has 9 rings (SSSR count). The van der Waals surface area contributed by atoms with Crippen LogP contribution >= 0.6 is 0 Å². The Kier molecular flexibility index (Phi) is 6.06. The summed E-state index contributed by atoms with van der Waals surface area (Å²) in [6, 6.07) is 8.34. The highest BCUT2D eigenvalue weighted by Crippen LogP contribution is 2.37. The van der Waals surface area contributed by atoms with Gasteiger partial charge in [-0.3, -0.25) is 0 Å². The van der Waals surface area contributed by atoms with E-state index in [1.807, 2.05) is 84.0 Å². The van der Waals surface area contributed by atoms with Crippen LogP contribution in [0.1, 0.15) is 22.8 Å². The van der Waals surface area contributed by atoms with Crippen LogP contribution in [0.4, 0.5) is 0 Å². The molecule has 12 heteroatoms. The van der Waals surface area contributed by atoms with Gasteiger partial charge in [0, 0.05) is 39.7 Å². The molecule has 3 N–H and O–H groups in total. The van der Waals surface area contributed by atoms with E-state index >= 15 is 0 Å². The lowest BCUT2D eigenvalue weighted by Gasteiger charge is -2.02. The van der Waals surface area contributed by atoms with Crippen molar-refractivity contribution in [3.63, 3.8) is 0 Å². The molecule has 234 valence electrons. The number of aromatic nitrogens is 12. The van der Waals surface area contributed by atoms with E-state index in [4.69, 9.17) is 24.9 Å². The molecule has 2 aliphatic heterocycles. The Morgan fingerprint density at radius 2 is 0.917 bits per heavy atom. The second-order valence-corrected chi connectivity index (χ2v) is 12.3. The van der Waals surface area contributed by atoms with Crippen molar-refractivity contribution in [2.75, 3.05) is 0 Å². The highest BCUT2D eigenvalue weighted by Gasteiger charge is 2.22. The van der Waals surface area contributed by atoms with Gasteiger partial charge in [0.2, 0.25) is 6.33 Å². The topological polar surface area (TPSA) is 130 Å². The number of aromatic amines is 3. The Labute approximate surface area is 274 Å². The van der Waals surface area contributed by atoms with E-state index in [2.05, 4.69) is 69.7 Å². The van der Waals surface area contributed by atoms with Gasteiger partial charge in [0.15, 0.2) is 5.69 Å². The van der Waals surface area contributed by atoms with Gasteiger partial charge in [0.25, 0.3) is 0 Å². The summed E-state index contributed by atoms with van der Waals surface area (Å²) in [6.07, 6.45) is 23.7. The zero-order chi connectivity index (χ0) is 32.5. The minimum Gasteiger partial charge on any atom is -0.354 e. The summed E-state index contributed by atoms with van der Waals surface area (Å²) in [5, 5.41) is 0. The van der Waals surface area contributed by atoms with Gasteiger partial charge < -0.3 is 23.7 Å². The highest BCUT2D eigenvalue weighted by atomic mass is 15.0. The van der Waals surface area contributed by atoms with Crippen molar-refractivity contribution in [2.24, 2.45) is 28.2 Å². The monoisotopic (exact) mass is 631 g/mol. The normalized spacial score (nSPS) is 12.4. The van der Waals surface area contributed by atoms with Crippen molar-refractivity contribution in [3.05, 3.63) is 97.1 Å². The Hall–Kier alpha value is -6.56. The molecular weight excluding hydrogens is 600 g/mol. The molecular formula is C36H31N12+. The van der Waals surface area contributed by atoms with Crippen LogP contribution in [0.15, 0.2) is 74.4 Å². The number of aryl methyl sites for hydroxylation is 4. The summed E-state index contributed by atoms with van der Waals surface area (Å²) in [5.74, 6) is 0. The van der Waals surface area contributed by atoms with Gasteiger partial charge in [-0.05, 0) is 48.6 Å². The van der Waals surface area contributed by atoms with Gasteiger partial charge in [0.05, 0.1) is 110 Å². The number of hydrogen-bond acceptors (Lipinski definition) is 5. The SMILES string of the molecule is Cn1cnc(-c2c3nc(c(-c4cn(C)cn4)c4ccc([nH]4)c(-c4c[n+](C)c[nH]4)c4nc(c(-c5cn(C)cn5)c5ccc2[nH]5)C=C4)C=C3)c1. The third-order valence-electron chi connectivity index (χ3n) is 8.66. The van der Waals surface area contributed by atoms with Crippen LogP contribution in [-0.4, -0.2) is 53.6 Å². The van der Waals surface area contributed by atoms with Crippen LogP contribution in [0.25, 0.3) is 91.4 Å². The fourth-order valence-corrected chi connectivity index (χ4v) is 6.51. The first-order chi connectivity index (χ1) is 23.4. The second kappa shape index (κ2) is 10.5. The first kappa shape index (κ1) is 27.7. The average Bonchev–Trinajstić information content (AvgIpc) is 3.89. The molecule has 7 aromatic heterocycles. The largest absolute Gasteiger partial charge is 0.354 e. The quantitative estimate of drug-likeness (QED) is 0.215. The number of nitrogens with one attached hydrogen (secondary N) is 3. The van der Waals surface area contributed by atoms with Gasteiger partial charge in [-0.25, -0.2) is 34.5 Å². The number of fused-ring (bicyclic) bond motifs is 8. The van der Waals surface area contributed by atoms with E-state index in [9.17, 15) is 0 Å². The zero-order valence-corrected chi connectivity index (χ0v) is 26.8. The van der Waals surface area contributed by atoms with E-state index in [0.717, 1.165) is 89.9 Å². The molecule has 0 aromatic carbocycles. The number of imidazole rings is 4. The predicted octanol–water partition coefficient (Wildman–Crippen LogP) is 5.68. The van der Waals surface area contributed by atoms with E-state index < -0.39 is 0 Å². The van der Waals surface area contributed by atoms with Crippen molar-refractivity contribution in [1.82, 2.24) is 53.6 Å². The summed E-state index contributed by atoms with van der Waals surface area (Å²) < 4.78 is 7.84. The standard InChI is InChI=1S/C36H30N12/c1-45-13-29(37-17-45)33-21-5-7-23(41-21)34(30-14-46(2)18-38-30)25-9-11-27(43-25)36(32-16-48(4)20-40-32)28-12-10-26(44-28)35(24-8-6-22(33)42-24)31-15-47(3)19-39-31/h5-20H,1-4H3,(H2,41,42,43,44)/p+1. The molecule has 0 unspecified atom stereocenters. The summed E-state index contributed by atoms with van der Waals surface area (Å²) in [4.78, 5) is 35.6. The molecule has 12 nitrogen and oxygen atoms in total. The molecule has 48 heavy (non-hydrogen) atoms. The highest BCUT2D eigenvalue weighted by molar-refractivity contribution is 5.98. The molecule has 7 aromatic rings. The molecule has 0 radical (unpaired) electrons. The third kappa shape index (κ3) is 4.53. The first-order valence-electron chi connectivity index (χ1n) is 15.5. The van der Waals surface area contributed by atoms with Crippen molar-refractivity contribution < 1.29 is 4.57 Å². The van der Waals surface area contributed by atoms with Crippen LogP contribution in [0.5, 0.6) is 0 Å². The molecule has 0 spiro atoms. The first-order valence-corrected chi connectivity index (χ1v) is 15.5. The Balaban J connectivity index is 1.48. The predicted molar refractivity (Wildman–Crippen MR) is 186 cm³/mol. The zero-order valence-electron chi connectivity index (χ0n) is 26.8. The van der Waals surface area contributed by atoms with Crippen LogP contribution < -0.4 is 4.57 Å². The molecule has 0 amide bonds. The molecule has 0 fully saturated rings. The Bertz CT molecular complexity index is 2280.